The highest BCUT2D eigenvalue weighted by molar-refractivity contribution is 5.75. The first-order valence-electron chi connectivity index (χ1n) is 11.1. The molecule has 3 fully saturated rings. The van der Waals surface area contributed by atoms with Gasteiger partial charge in [-0.15, -0.1) is 0 Å². The van der Waals surface area contributed by atoms with Crippen LogP contribution in [0.3, 0.4) is 0 Å². The predicted molar refractivity (Wildman–Crippen MR) is 113 cm³/mol. The van der Waals surface area contributed by atoms with Gasteiger partial charge in [-0.1, -0.05) is 44.5 Å². The summed E-state index contributed by atoms with van der Waals surface area (Å²) in [5.74, 6) is -0.639. The Labute approximate surface area is 172 Å². The molecule has 1 aromatic heterocycles. The maximum absolute atomic E-state index is 11.8. The quantitative estimate of drug-likeness (QED) is 0.759. The van der Waals surface area contributed by atoms with E-state index in [1.54, 1.807) is 0 Å². The van der Waals surface area contributed by atoms with Crippen molar-refractivity contribution >= 4 is 5.97 Å². The van der Waals surface area contributed by atoms with Crippen LogP contribution in [0, 0.1) is 10.8 Å². The number of carbonyl (C=O) groups is 1. The summed E-state index contributed by atoms with van der Waals surface area (Å²) >= 11 is 0. The zero-order valence-corrected chi connectivity index (χ0v) is 17.5. The summed E-state index contributed by atoms with van der Waals surface area (Å²) in [6.07, 6.45) is 9.68. The largest absolute Gasteiger partial charge is 0.481 e. The van der Waals surface area contributed by atoms with Gasteiger partial charge in [0.1, 0.15) is 0 Å². The second kappa shape index (κ2) is 7.60. The van der Waals surface area contributed by atoms with E-state index in [4.69, 9.17) is 0 Å². The molecule has 3 aliphatic carbocycles. The maximum Gasteiger partial charge on any atom is 0.309 e. The Kier molecular flexibility index (Phi) is 5.28. The zero-order valence-electron chi connectivity index (χ0n) is 17.5. The highest BCUT2D eigenvalue weighted by Gasteiger charge is 2.52. The number of carboxylic acids is 1. The summed E-state index contributed by atoms with van der Waals surface area (Å²) in [7, 11) is 0. The van der Waals surface area contributed by atoms with Crippen molar-refractivity contribution in [1.82, 2.24) is 9.55 Å². The van der Waals surface area contributed by atoms with E-state index >= 15 is 0 Å². The molecule has 0 radical (unpaired) electrons. The van der Waals surface area contributed by atoms with E-state index in [1.165, 1.54) is 11.1 Å². The summed E-state index contributed by atoms with van der Waals surface area (Å²) in [5, 5.41) is 21.1. The fourth-order valence-electron chi connectivity index (χ4n) is 5.96. The third-order valence-corrected chi connectivity index (χ3v) is 7.74. The van der Waals surface area contributed by atoms with Crippen LogP contribution < -0.4 is 0 Å². The second-order valence-electron chi connectivity index (χ2n) is 8.84. The van der Waals surface area contributed by atoms with Crippen molar-refractivity contribution in [3.63, 3.8) is 0 Å². The van der Waals surface area contributed by atoms with Crippen molar-refractivity contribution in [2.45, 2.75) is 77.4 Å². The molecule has 6 rings (SSSR count). The number of benzene rings is 1. The summed E-state index contributed by atoms with van der Waals surface area (Å²) in [6.45, 7) is 4.00. The number of aliphatic carboxylic acids is 1. The molecule has 2 unspecified atom stereocenters. The van der Waals surface area contributed by atoms with E-state index in [1.807, 2.05) is 32.4 Å². The lowest BCUT2D eigenvalue weighted by molar-refractivity contribution is -0.153. The van der Waals surface area contributed by atoms with Gasteiger partial charge in [0, 0.05) is 5.56 Å². The minimum absolute atomic E-state index is 0.109. The van der Waals surface area contributed by atoms with Crippen LogP contribution in [-0.4, -0.2) is 31.8 Å². The third kappa shape index (κ3) is 3.10. The molecule has 29 heavy (non-hydrogen) atoms. The number of nitrogens with zero attached hydrogens (tertiary/aromatic N) is 2. The van der Waals surface area contributed by atoms with Gasteiger partial charge in [0.25, 0.3) is 0 Å². The first kappa shape index (κ1) is 20.1. The summed E-state index contributed by atoms with van der Waals surface area (Å²) in [6, 6.07) is 8.49. The summed E-state index contributed by atoms with van der Waals surface area (Å²) in [4.78, 5) is 16.1. The molecule has 156 valence electrons. The Morgan fingerprint density at radius 2 is 1.90 bits per heavy atom. The van der Waals surface area contributed by atoms with E-state index in [2.05, 4.69) is 27.8 Å². The molecular formula is C24H32N2O3. The van der Waals surface area contributed by atoms with E-state index in [-0.39, 0.29) is 11.5 Å². The lowest BCUT2D eigenvalue weighted by Gasteiger charge is -2.44. The molecule has 2 heterocycles. The average Bonchev–Trinajstić information content (AvgIpc) is 3.20. The van der Waals surface area contributed by atoms with Gasteiger partial charge in [-0.25, -0.2) is 4.98 Å². The van der Waals surface area contributed by atoms with Crippen molar-refractivity contribution in [2.75, 3.05) is 0 Å². The fourth-order valence-corrected chi connectivity index (χ4v) is 5.96. The number of aliphatic hydroxyl groups excluding tert-OH is 1. The fraction of sp³-hybridized carbons (Fsp3) is 0.583. The Balaban J connectivity index is 0.000000994. The molecule has 2 atom stereocenters. The SMILES string of the molecule is CC.O=C(O)C12CCCC(C(O)CC3c4ccccc4-c4cncn43)(CC1)CC2. The number of hydrogen-bond acceptors (Lipinski definition) is 3. The van der Waals surface area contributed by atoms with Crippen molar-refractivity contribution in [3.05, 3.63) is 42.4 Å². The van der Waals surface area contributed by atoms with Gasteiger partial charge in [-0.3, -0.25) is 4.79 Å². The van der Waals surface area contributed by atoms with Gasteiger partial charge < -0.3 is 14.8 Å². The van der Waals surface area contributed by atoms with Gasteiger partial charge in [0.2, 0.25) is 0 Å². The van der Waals surface area contributed by atoms with E-state index in [9.17, 15) is 15.0 Å². The van der Waals surface area contributed by atoms with E-state index < -0.39 is 17.5 Å². The van der Waals surface area contributed by atoms with Crippen molar-refractivity contribution < 1.29 is 15.0 Å². The average molecular weight is 397 g/mol. The van der Waals surface area contributed by atoms with Crippen molar-refractivity contribution in [3.8, 4) is 11.3 Å². The van der Waals surface area contributed by atoms with Gasteiger partial charge in [0.15, 0.2) is 0 Å². The summed E-state index contributed by atoms with van der Waals surface area (Å²) in [5.41, 5.74) is 2.91. The zero-order chi connectivity index (χ0) is 20.6. The minimum Gasteiger partial charge on any atom is -0.481 e. The highest BCUT2D eigenvalue weighted by atomic mass is 16.4. The van der Waals surface area contributed by atoms with Crippen molar-refractivity contribution in [2.24, 2.45) is 10.8 Å². The number of rotatable bonds is 4. The smallest absolute Gasteiger partial charge is 0.309 e. The van der Waals surface area contributed by atoms with E-state index in [0.29, 0.717) is 19.3 Å². The van der Waals surface area contributed by atoms with Crippen LogP contribution in [-0.2, 0) is 4.79 Å². The first-order valence-corrected chi connectivity index (χ1v) is 11.1. The number of aromatic nitrogens is 2. The molecule has 4 aliphatic rings. The van der Waals surface area contributed by atoms with Crippen LogP contribution in [0.25, 0.3) is 11.3 Å². The number of aliphatic hydroxyl groups is 1. The standard InChI is InChI=1S/C22H26N2O3.C2H6/c25-19(21-6-3-7-22(10-8-21,11-9-21)20(26)27)12-17-15-4-1-2-5-16(15)18-13-23-14-24(17)18;1-2/h1-2,4-5,13-14,17,19,25H,3,6-12H2,(H,26,27);1-2H3. The van der Waals surface area contributed by atoms with Crippen LogP contribution in [0.4, 0.5) is 0 Å². The van der Waals surface area contributed by atoms with Crippen LogP contribution >= 0.6 is 0 Å². The van der Waals surface area contributed by atoms with Crippen LogP contribution in [0.1, 0.15) is 76.8 Å². The second-order valence-corrected chi connectivity index (χ2v) is 8.84. The number of fused-ring (bicyclic) bond motifs is 7. The van der Waals surface area contributed by atoms with Gasteiger partial charge in [-0.05, 0) is 55.9 Å². The van der Waals surface area contributed by atoms with Gasteiger partial charge in [-0.2, -0.15) is 0 Å². The minimum atomic E-state index is -0.639. The molecule has 0 spiro atoms. The lowest BCUT2D eigenvalue weighted by Crippen LogP contribution is -2.42. The van der Waals surface area contributed by atoms with Crippen LogP contribution in [0.15, 0.2) is 36.8 Å². The normalized spacial score (nSPS) is 30.5. The topological polar surface area (TPSA) is 75.3 Å². The van der Waals surface area contributed by atoms with E-state index in [0.717, 1.165) is 37.8 Å². The third-order valence-electron chi connectivity index (χ3n) is 7.74. The Bertz CT molecular complexity index is 880. The van der Waals surface area contributed by atoms with Crippen LogP contribution in [0.2, 0.25) is 0 Å². The Hall–Kier alpha value is -2.14. The molecule has 1 aromatic carbocycles. The molecule has 3 saturated carbocycles. The molecule has 5 heteroatoms. The molecule has 2 aromatic rings. The molecule has 0 saturated heterocycles. The molecule has 0 amide bonds. The lowest BCUT2D eigenvalue weighted by atomic mass is 9.62. The summed E-state index contributed by atoms with van der Waals surface area (Å²) < 4.78 is 2.19. The molecule has 1 aliphatic heterocycles. The molecular weight excluding hydrogens is 364 g/mol. The number of imidazole rings is 1. The monoisotopic (exact) mass is 396 g/mol. The maximum atomic E-state index is 11.8. The first-order chi connectivity index (χ1) is 14.0. The Morgan fingerprint density at radius 3 is 2.62 bits per heavy atom. The molecule has 2 bridgehead atoms. The van der Waals surface area contributed by atoms with Gasteiger partial charge in [0.05, 0.1) is 35.8 Å². The number of hydrogen-bond donors (Lipinski definition) is 2. The molecule has 2 N–H and O–H groups in total. The van der Waals surface area contributed by atoms with Crippen LogP contribution in [0.5, 0.6) is 0 Å². The predicted octanol–water partition coefficient (Wildman–Crippen LogP) is 5.05. The highest BCUT2D eigenvalue weighted by Crippen LogP contribution is 2.57. The van der Waals surface area contributed by atoms with Gasteiger partial charge >= 0.3 is 5.97 Å². The number of carboxylic acid groups (broad SMARTS) is 1. The van der Waals surface area contributed by atoms with Crippen molar-refractivity contribution in [1.29, 1.82) is 0 Å². The molecule has 5 nitrogen and oxygen atoms in total. The Morgan fingerprint density at radius 1 is 1.17 bits per heavy atom.